The van der Waals surface area contributed by atoms with E-state index in [-0.39, 0.29) is 0 Å². The van der Waals surface area contributed by atoms with Crippen molar-refractivity contribution in [1.82, 2.24) is 4.57 Å². The number of fused-ring (bicyclic) bond motifs is 1. The highest BCUT2D eigenvalue weighted by Crippen LogP contribution is 2.30. The Labute approximate surface area is 92.2 Å². The van der Waals surface area contributed by atoms with Gasteiger partial charge in [0.25, 0.3) is 0 Å². The molecule has 0 spiro atoms. The SMILES string of the molecule is Cn1c(Cl)c(CN)c2cc(Cl)ccc21. The minimum atomic E-state index is 0.427. The van der Waals surface area contributed by atoms with Gasteiger partial charge in [0, 0.05) is 35.1 Å². The second-order valence-electron chi connectivity index (χ2n) is 3.19. The van der Waals surface area contributed by atoms with Crippen molar-refractivity contribution >= 4 is 34.1 Å². The molecule has 0 aliphatic heterocycles. The lowest BCUT2D eigenvalue weighted by atomic mass is 10.2. The summed E-state index contributed by atoms with van der Waals surface area (Å²) in [5, 5.41) is 2.42. The third-order valence-corrected chi connectivity index (χ3v) is 3.11. The number of nitrogens with two attached hydrogens (primary N) is 1. The molecule has 1 aromatic carbocycles. The highest BCUT2D eigenvalue weighted by Gasteiger charge is 2.11. The molecule has 0 unspecified atom stereocenters. The van der Waals surface area contributed by atoms with Crippen molar-refractivity contribution in [2.45, 2.75) is 6.54 Å². The maximum Gasteiger partial charge on any atom is 0.114 e. The summed E-state index contributed by atoms with van der Waals surface area (Å²) in [6, 6.07) is 5.69. The molecule has 0 aliphatic rings. The summed E-state index contributed by atoms with van der Waals surface area (Å²) in [7, 11) is 1.91. The van der Waals surface area contributed by atoms with E-state index in [1.54, 1.807) is 0 Å². The molecule has 2 N–H and O–H groups in total. The summed E-state index contributed by atoms with van der Waals surface area (Å²) < 4.78 is 1.91. The molecule has 0 fully saturated rings. The van der Waals surface area contributed by atoms with E-state index in [1.165, 1.54) is 0 Å². The van der Waals surface area contributed by atoms with E-state index < -0.39 is 0 Å². The van der Waals surface area contributed by atoms with Gasteiger partial charge in [0.15, 0.2) is 0 Å². The monoisotopic (exact) mass is 228 g/mol. The number of aromatic nitrogens is 1. The Morgan fingerprint density at radius 1 is 1.36 bits per heavy atom. The van der Waals surface area contributed by atoms with Crippen LogP contribution in [0, 0.1) is 0 Å². The van der Waals surface area contributed by atoms with Gasteiger partial charge >= 0.3 is 0 Å². The van der Waals surface area contributed by atoms with Crippen molar-refractivity contribution in [1.29, 1.82) is 0 Å². The number of halogens is 2. The van der Waals surface area contributed by atoms with Gasteiger partial charge in [-0.05, 0) is 18.2 Å². The molecule has 1 heterocycles. The smallest absolute Gasteiger partial charge is 0.114 e. The molecule has 2 nitrogen and oxygen atoms in total. The number of hydrogen-bond donors (Lipinski definition) is 1. The lowest BCUT2D eigenvalue weighted by Gasteiger charge is -1.96. The van der Waals surface area contributed by atoms with Crippen LogP contribution in [0.5, 0.6) is 0 Å². The van der Waals surface area contributed by atoms with Crippen molar-refractivity contribution in [3.8, 4) is 0 Å². The standard InChI is InChI=1S/C10H10Cl2N2/c1-14-9-3-2-6(11)4-7(9)8(5-13)10(14)12/h2-4H,5,13H2,1H3. The van der Waals surface area contributed by atoms with Gasteiger partial charge in [0.1, 0.15) is 5.15 Å². The average Bonchev–Trinajstić information content (AvgIpc) is 2.39. The average molecular weight is 229 g/mol. The van der Waals surface area contributed by atoms with Gasteiger partial charge < -0.3 is 10.3 Å². The first-order valence-electron chi connectivity index (χ1n) is 4.27. The highest BCUT2D eigenvalue weighted by atomic mass is 35.5. The van der Waals surface area contributed by atoms with Gasteiger partial charge in [-0.25, -0.2) is 0 Å². The number of rotatable bonds is 1. The lowest BCUT2D eigenvalue weighted by Crippen LogP contribution is -1.96. The molecule has 0 saturated heterocycles. The predicted molar refractivity (Wildman–Crippen MR) is 60.8 cm³/mol. The van der Waals surface area contributed by atoms with E-state index >= 15 is 0 Å². The fourth-order valence-corrected chi connectivity index (χ4v) is 2.10. The summed E-state index contributed by atoms with van der Waals surface area (Å²) in [5.74, 6) is 0. The number of hydrogen-bond acceptors (Lipinski definition) is 1. The zero-order valence-electron chi connectivity index (χ0n) is 7.72. The van der Waals surface area contributed by atoms with Crippen molar-refractivity contribution < 1.29 is 0 Å². The lowest BCUT2D eigenvalue weighted by molar-refractivity contribution is 0.950. The maximum atomic E-state index is 6.13. The van der Waals surface area contributed by atoms with Crippen molar-refractivity contribution in [2.75, 3.05) is 0 Å². The maximum absolute atomic E-state index is 6.13. The van der Waals surface area contributed by atoms with Gasteiger partial charge in [0.05, 0.1) is 0 Å². The van der Waals surface area contributed by atoms with E-state index in [0.29, 0.717) is 16.7 Å². The van der Waals surface area contributed by atoms with Crippen LogP contribution in [-0.2, 0) is 13.6 Å². The van der Waals surface area contributed by atoms with Crippen LogP contribution in [-0.4, -0.2) is 4.57 Å². The normalized spacial score (nSPS) is 11.1. The van der Waals surface area contributed by atoms with Crippen molar-refractivity contribution in [3.63, 3.8) is 0 Å². The first kappa shape index (κ1) is 9.84. The van der Waals surface area contributed by atoms with Gasteiger partial charge in [-0.1, -0.05) is 23.2 Å². The molecule has 14 heavy (non-hydrogen) atoms. The minimum Gasteiger partial charge on any atom is -0.334 e. The van der Waals surface area contributed by atoms with E-state index in [1.807, 2.05) is 29.8 Å². The molecular formula is C10H10Cl2N2. The summed E-state index contributed by atoms with van der Waals surface area (Å²) >= 11 is 12.0. The summed E-state index contributed by atoms with van der Waals surface area (Å²) in [6.45, 7) is 0.427. The summed E-state index contributed by atoms with van der Waals surface area (Å²) in [4.78, 5) is 0. The van der Waals surface area contributed by atoms with Gasteiger partial charge in [-0.2, -0.15) is 0 Å². The zero-order valence-corrected chi connectivity index (χ0v) is 9.23. The molecular weight excluding hydrogens is 219 g/mol. The Balaban J connectivity index is 2.89. The van der Waals surface area contributed by atoms with Crippen LogP contribution < -0.4 is 5.73 Å². The van der Waals surface area contributed by atoms with Gasteiger partial charge in [-0.15, -0.1) is 0 Å². The predicted octanol–water partition coefficient (Wildman–Crippen LogP) is 2.94. The number of nitrogens with zero attached hydrogens (tertiary/aromatic N) is 1. The minimum absolute atomic E-state index is 0.427. The molecule has 0 bridgehead atoms. The van der Waals surface area contributed by atoms with Crippen LogP contribution in [0.1, 0.15) is 5.56 Å². The Morgan fingerprint density at radius 2 is 2.07 bits per heavy atom. The first-order chi connectivity index (χ1) is 6.65. The van der Waals surface area contributed by atoms with E-state index in [2.05, 4.69) is 0 Å². The first-order valence-corrected chi connectivity index (χ1v) is 5.03. The molecule has 74 valence electrons. The fraction of sp³-hybridized carbons (Fsp3) is 0.200. The molecule has 0 radical (unpaired) electrons. The van der Waals surface area contributed by atoms with Crippen LogP contribution in [0.15, 0.2) is 18.2 Å². The van der Waals surface area contributed by atoms with Crippen LogP contribution >= 0.6 is 23.2 Å². The zero-order chi connectivity index (χ0) is 10.3. The Hall–Kier alpha value is -0.700. The molecule has 2 aromatic rings. The molecule has 0 atom stereocenters. The molecule has 0 aliphatic carbocycles. The molecule has 2 rings (SSSR count). The molecule has 0 amide bonds. The fourth-order valence-electron chi connectivity index (χ4n) is 1.66. The Kier molecular flexibility index (Phi) is 2.43. The topological polar surface area (TPSA) is 30.9 Å². The number of aryl methyl sites for hydroxylation is 1. The third-order valence-electron chi connectivity index (χ3n) is 2.39. The summed E-state index contributed by atoms with van der Waals surface area (Å²) in [5.41, 5.74) is 7.65. The van der Waals surface area contributed by atoms with E-state index in [9.17, 15) is 0 Å². The third kappa shape index (κ3) is 1.31. The Bertz CT molecular complexity index is 488. The second kappa shape index (κ2) is 3.46. The summed E-state index contributed by atoms with van der Waals surface area (Å²) in [6.07, 6.45) is 0. The Morgan fingerprint density at radius 3 is 2.71 bits per heavy atom. The van der Waals surface area contributed by atoms with Crippen molar-refractivity contribution in [2.24, 2.45) is 12.8 Å². The molecule has 0 saturated carbocycles. The molecule has 4 heteroatoms. The largest absolute Gasteiger partial charge is 0.334 e. The van der Waals surface area contributed by atoms with Crippen LogP contribution in [0.4, 0.5) is 0 Å². The van der Waals surface area contributed by atoms with E-state index in [4.69, 9.17) is 28.9 Å². The van der Waals surface area contributed by atoms with Gasteiger partial charge in [0.2, 0.25) is 0 Å². The molecule has 1 aromatic heterocycles. The quantitative estimate of drug-likeness (QED) is 0.800. The van der Waals surface area contributed by atoms with E-state index in [0.717, 1.165) is 16.5 Å². The van der Waals surface area contributed by atoms with Crippen LogP contribution in [0.25, 0.3) is 10.9 Å². The van der Waals surface area contributed by atoms with Gasteiger partial charge in [-0.3, -0.25) is 0 Å². The van der Waals surface area contributed by atoms with Crippen LogP contribution in [0.3, 0.4) is 0 Å². The number of benzene rings is 1. The second-order valence-corrected chi connectivity index (χ2v) is 3.99. The van der Waals surface area contributed by atoms with Crippen LogP contribution in [0.2, 0.25) is 10.2 Å². The van der Waals surface area contributed by atoms with Crippen molar-refractivity contribution in [3.05, 3.63) is 33.9 Å². The highest BCUT2D eigenvalue weighted by molar-refractivity contribution is 6.33.